The van der Waals surface area contributed by atoms with Crippen LogP contribution in [0.3, 0.4) is 0 Å². The van der Waals surface area contributed by atoms with Crippen molar-refractivity contribution in [3.63, 3.8) is 0 Å². The number of hydrazone groups is 1. The molecule has 13 heteroatoms. The van der Waals surface area contributed by atoms with E-state index in [1.54, 1.807) is 43.6 Å². The van der Waals surface area contributed by atoms with Crippen LogP contribution in [0.4, 0.5) is 5.82 Å². The van der Waals surface area contributed by atoms with E-state index < -0.39 is 5.91 Å². The molecule has 13 nitrogen and oxygen atoms in total. The van der Waals surface area contributed by atoms with E-state index in [1.165, 1.54) is 4.68 Å². The van der Waals surface area contributed by atoms with Gasteiger partial charge in [0.1, 0.15) is 5.69 Å². The van der Waals surface area contributed by atoms with Gasteiger partial charge in [0.15, 0.2) is 17.2 Å². The van der Waals surface area contributed by atoms with E-state index in [1.807, 2.05) is 6.07 Å². The summed E-state index contributed by atoms with van der Waals surface area (Å²) in [7, 11) is 0. The van der Waals surface area contributed by atoms with Crippen molar-refractivity contribution < 1.29 is 18.9 Å². The van der Waals surface area contributed by atoms with E-state index in [4.69, 9.17) is 15.2 Å². The minimum Gasteiger partial charge on any atom is -0.454 e. The number of pyridine rings is 1. The average Bonchev–Trinajstić information content (AvgIpc) is 3.56. The normalized spacial score (nSPS) is 12.7. The highest BCUT2D eigenvalue weighted by atomic mass is 16.7. The standard InChI is InChI=1S/C19H15N9O4/c1-10(12-3-2-6-21-8-12)22-24-19(29)15-16(11-4-5-13-14(7-11)31-9-30-13)28(27-23-15)18-17(20)25-32-26-18/h2-8H,9H2,1H3,(H2,20,25)(H,24,29)/b22-10-. The van der Waals surface area contributed by atoms with Gasteiger partial charge < -0.3 is 15.2 Å². The van der Waals surface area contributed by atoms with Gasteiger partial charge in [0.25, 0.3) is 5.91 Å². The summed E-state index contributed by atoms with van der Waals surface area (Å²) < 4.78 is 16.7. The number of hydrogen-bond donors (Lipinski definition) is 2. The van der Waals surface area contributed by atoms with Crippen LogP contribution < -0.4 is 20.6 Å². The molecule has 1 aromatic carbocycles. The van der Waals surface area contributed by atoms with Crippen LogP contribution in [0.1, 0.15) is 23.0 Å². The maximum absolute atomic E-state index is 13.0. The summed E-state index contributed by atoms with van der Waals surface area (Å²) in [5.74, 6) is 0.562. The fourth-order valence-electron chi connectivity index (χ4n) is 3.05. The quantitative estimate of drug-likeness (QED) is 0.344. The topological polar surface area (TPSA) is 168 Å². The predicted octanol–water partition coefficient (Wildman–Crippen LogP) is 1.18. The van der Waals surface area contributed by atoms with Gasteiger partial charge in [-0.05, 0) is 41.5 Å². The summed E-state index contributed by atoms with van der Waals surface area (Å²) in [6, 6.07) is 8.74. The van der Waals surface area contributed by atoms with Crippen molar-refractivity contribution >= 4 is 17.4 Å². The first-order valence-electron chi connectivity index (χ1n) is 9.31. The van der Waals surface area contributed by atoms with Crippen molar-refractivity contribution in [2.45, 2.75) is 6.92 Å². The molecule has 32 heavy (non-hydrogen) atoms. The fraction of sp³-hybridized carbons (Fsp3) is 0.105. The molecule has 0 saturated heterocycles. The summed E-state index contributed by atoms with van der Waals surface area (Å²) in [4.78, 5) is 17.0. The lowest BCUT2D eigenvalue weighted by atomic mass is 10.1. The Labute approximate surface area is 179 Å². The number of aromatic nitrogens is 6. The number of carbonyl (C=O) groups excluding carboxylic acids is 1. The molecule has 1 amide bonds. The molecular formula is C19H15N9O4. The minimum atomic E-state index is -0.595. The van der Waals surface area contributed by atoms with E-state index >= 15 is 0 Å². The Balaban J connectivity index is 1.55. The molecule has 0 spiro atoms. The Morgan fingerprint density at radius 3 is 2.88 bits per heavy atom. The van der Waals surface area contributed by atoms with Crippen LogP contribution >= 0.6 is 0 Å². The molecule has 4 aromatic rings. The zero-order valence-corrected chi connectivity index (χ0v) is 16.6. The molecule has 3 N–H and O–H groups in total. The second-order valence-electron chi connectivity index (χ2n) is 6.62. The average molecular weight is 433 g/mol. The molecule has 4 heterocycles. The third-order valence-electron chi connectivity index (χ3n) is 4.63. The SMILES string of the molecule is C/C(=N/NC(=O)c1nnn(-c2nonc2N)c1-c1ccc2c(c1)OCO2)c1cccnc1. The number of ether oxygens (including phenoxy) is 2. The summed E-state index contributed by atoms with van der Waals surface area (Å²) in [6.07, 6.45) is 3.29. The van der Waals surface area contributed by atoms with Crippen LogP contribution in [-0.2, 0) is 0 Å². The molecule has 0 radical (unpaired) electrons. The van der Waals surface area contributed by atoms with Crippen LogP contribution in [0.5, 0.6) is 11.5 Å². The molecule has 1 aliphatic heterocycles. The molecule has 160 valence electrons. The monoisotopic (exact) mass is 433 g/mol. The molecule has 0 bridgehead atoms. The summed E-state index contributed by atoms with van der Waals surface area (Å²) >= 11 is 0. The molecule has 0 unspecified atom stereocenters. The van der Waals surface area contributed by atoms with Crippen molar-refractivity contribution in [1.82, 2.24) is 35.7 Å². The Morgan fingerprint density at radius 1 is 1.22 bits per heavy atom. The van der Waals surface area contributed by atoms with Gasteiger partial charge in [0, 0.05) is 23.5 Å². The minimum absolute atomic E-state index is 0.0192. The maximum Gasteiger partial charge on any atom is 0.294 e. The number of rotatable bonds is 5. The number of carbonyl (C=O) groups is 1. The van der Waals surface area contributed by atoms with Crippen LogP contribution in [0.15, 0.2) is 52.5 Å². The summed E-state index contributed by atoms with van der Waals surface area (Å²) in [5.41, 5.74) is 10.5. The zero-order chi connectivity index (χ0) is 22.1. The summed E-state index contributed by atoms with van der Waals surface area (Å²) in [6.45, 7) is 1.85. The molecule has 0 fully saturated rings. The van der Waals surface area contributed by atoms with Crippen molar-refractivity contribution in [2.24, 2.45) is 5.10 Å². The van der Waals surface area contributed by atoms with Crippen LogP contribution in [0.2, 0.25) is 0 Å². The number of nitrogen functional groups attached to an aromatic ring is 1. The maximum atomic E-state index is 13.0. The van der Waals surface area contributed by atoms with Gasteiger partial charge in [0.2, 0.25) is 18.4 Å². The highest BCUT2D eigenvalue weighted by Gasteiger charge is 2.26. The van der Waals surface area contributed by atoms with Crippen LogP contribution in [0.25, 0.3) is 17.1 Å². The number of anilines is 1. The van der Waals surface area contributed by atoms with Gasteiger partial charge >= 0.3 is 0 Å². The van der Waals surface area contributed by atoms with Gasteiger partial charge in [-0.2, -0.15) is 9.78 Å². The molecule has 5 rings (SSSR count). The highest BCUT2D eigenvalue weighted by molar-refractivity contribution is 6.02. The third kappa shape index (κ3) is 3.36. The Morgan fingerprint density at radius 2 is 2.09 bits per heavy atom. The van der Waals surface area contributed by atoms with Crippen LogP contribution in [-0.4, -0.2) is 48.7 Å². The summed E-state index contributed by atoms with van der Waals surface area (Å²) in [5, 5.41) is 19.5. The number of benzene rings is 1. The van der Waals surface area contributed by atoms with Crippen molar-refractivity contribution in [2.75, 3.05) is 12.5 Å². The number of fused-ring (bicyclic) bond motifs is 1. The van der Waals surface area contributed by atoms with E-state index in [0.717, 1.165) is 5.56 Å². The van der Waals surface area contributed by atoms with E-state index in [9.17, 15) is 4.79 Å². The molecule has 3 aromatic heterocycles. The van der Waals surface area contributed by atoms with Gasteiger partial charge in [-0.1, -0.05) is 11.3 Å². The first kappa shape index (κ1) is 19.2. The lowest BCUT2D eigenvalue weighted by molar-refractivity contribution is 0.0950. The van der Waals surface area contributed by atoms with E-state index in [-0.39, 0.29) is 29.8 Å². The van der Waals surface area contributed by atoms with Crippen molar-refractivity contribution in [3.8, 4) is 28.6 Å². The first-order valence-corrected chi connectivity index (χ1v) is 9.31. The highest BCUT2D eigenvalue weighted by Crippen LogP contribution is 2.37. The Kier molecular flexibility index (Phi) is 4.67. The lowest BCUT2D eigenvalue weighted by Gasteiger charge is -2.07. The molecular weight excluding hydrogens is 418 g/mol. The first-order chi connectivity index (χ1) is 15.6. The third-order valence-corrected chi connectivity index (χ3v) is 4.63. The smallest absolute Gasteiger partial charge is 0.294 e. The van der Waals surface area contributed by atoms with Gasteiger partial charge in [-0.3, -0.25) is 9.78 Å². The largest absolute Gasteiger partial charge is 0.454 e. The van der Waals surface area contributed by atoms with Crippen molar-refractivity contribution in [3.05, 3.63) is 54.0 Å². The molecule has 0 saturated carbocycles. The van der Waals surface area contributed by atoms with Gasteiger partial charge in [0.05, 0.1) is 5.71 Å². The zero-order valence-electron chi connectivity index (χ0n) is 16.6. The molecule has 0 aliphatic carbocycles. The molecule has 0 atom stereocenters. The second-order valence-corrected chi connectivity index (χ2v) is 6.62. The van der Waals surface area contributed by atoms with Crippen molar-refractivity contribution in [1.29, 1.82) is 0 Å². The Hall–Kier alpha value is -4.81. The Bertz CT molecular complexity index is 1330. The number of nitrogens with one attached hydrogen (secondary N) is 1. The van der Waals surface area contributed by atoms with Crippen LogP contribution in [0, 0.1) is 0 Å². The predicted molar refractivity (Wildman–Crippen MR) is 109 cm³/mol. The number of amides is 1. The second kappa shape index (κ2) is 7.79. The van der Waals surface area contributed by atoms with Gasteiger partial charge in [-0.25, -0.2) is 10.1 Å². The number of nitrogens with two attached hydrogens (primary N) is 1. The number of hydrogen-bond acceptors (Lipinski definition) is 11. The van der Waals surface area contributed by atoms with Gasteiger partial charge in [-0.15, -0.1) is 5.10 Å². The lowest BCUT2D eigenvalue weighted by Crippen LogP contribution is -2.21. The fourth-order valence-corrected chi connectivity index (χ4v) is 3.05. The molecule has 1 aliphatic rings. The number of nitrogens with zero attached hydrogens (tertiary/aromatic N) is 7. The van der Waals surface area contributed by atoms with E-state index in [0.29, 0.717) is 22.8 Å². The van der Waals surface area contributed by atoms with E-state index in [2.05, 4.69) is 40.8 Å².